The molecule has 3 fully saturated rings. The van der Waals surface area contributed by atoms with Crippen LogP contribution in [0.3, 0.4) is 0 Å². The van der Waals surface area contributed by atoms with E-state index in [9.17, 15) is 30.3 Å². The van der Waals surface area contributed by atoms with Gasteiger partial charge in [0.05, 0.1) is 35.9 Å². The zero-order valence-electron chi connectivity index (χ0n) is 18.4. The third kappa shape index (κ3) is 2.68. The van der Waals surface area contributed by atoms with Gasteiger partial charge in [-0.1, -0.05) is 20.8 Å². The van der Waals surface area contributed by atoms with Crippen LogP contribution in [0.4, 0.5) is 0 Å². The minimum Gasteiger partial charge on any atom is -0.392 e. The van der Waals surface area contributed by atoms with Crippen molar-refractivity contribution in [2.75, 3.05) is 6.61 Å². The van der Waals surface area contributed by atoms with Crippen LogP contribution >= 0.6 is 0 Å². The third-order valence-electron chi connectivity index (χ3n) is 8.82. The van der Waals surface area contributed by atoms with Gasteiger partial charge in [0, 0.05) is 17.8 Å². The summed E-state index contributed by atoms with van der Waals surface area (Å²) in [5.74, 6) is -2.04. The fourth-order valence-electron chi connectivity index (χ4n) is 6.25. The first-order valence-electron chi connectivity index (χ1n) is 10.4. The van der Waals surface area contributed by atoms with Crippen molar-refractivity contribution < 1.29 is 35.1 Å². The number of carbonyl (C=O) groups is 1. The van der Waals surface area contributed by atoms with Crippen LogP contribution in [-0.2, 0) is 9.53 Å². The van der Waals surface area contributed by atoms with E-state index < -0.39 is 64.1 Å². The van der Waals surface area contributed by atoms with E-state index in [4.69, 9.17) is 4.74 Å². The molecule has 0 amide bonds. The lowest BCUT2D eigenvalue weighted by Gasteiger charge is -2.66. The predicted molar refractivity (Wildman–Crippen MR) is 106 cm³/mol. The summed E-state index contributed by atoms with van der Waals surface area (Å²) in [6.45, 7) is 11.7. The van der Waals surface area contributed by atoms with Crippen molar-refractivity contribution in [3.05, 3.63) is 11.1 Å². The first kappa shape index (κ1) is 22.8. The molecule has 1 aliphatic heterocycles. The molecule has 2 saturated carbocycles. The van der Waals surface area contributed by atoms with Gasteiger partial charge in [-0.3, -0.25) is 4.79 Å². The highest BCUT2D eigenvalue weighted by Gasteiger charge is 2.72. The summed E-state index contributed by atoms with van der Waals surface area (Å²) < 4.78 is 5.49. The molecule has 7 unspecified atom stereocenters. The second kappa shape index (κ2) is 6.58. The molecule has 3 aliphatic rings. The number of aliphatic hydroxyl groups excluding tert-OH is 3. The van der Waals surface area contributed by atoms with Gasteiger partial charge in [0.1, 0.15) is 11.7 Å². The zero-order valence-corrected chi connectivity index (χ0v) is 18.4. The average molecular weight is 413 g/mol. The summed E-state index contributed by atoms with van der Waals surface area (Å²) >= 11 is 0. The highest BCUT2D eigenvalue weighted by molar-refractivity contribution is 5.93. The smallest absolute Gasteiger partial charge is 0.174 e. The largest absolute Gasteiger partial charge is 0.392 e. The van der Waals surface area contributed by atoms with Gasteiger partial charge in [0.15, 0.2) is 5.78 Å². The van der Waals surface area contributed by atoms with Gasteiger partial charge in [-0.15, -0.1) is 0 Å². The molecule has 0 bridgehead atoms. The van der Waals surface area contributed by atoms with Crippen LogP contribution in [0, 0.1) is 22.7 Å². The Morgan fingerprint density at radius 2 is 1.72 bits per heavy atom. The van der Waals surface area contributed by atoms with Gasteiger partial charge in [-0.25, -0.2) is 0 Å². The molecule has 0 spiro atoms. The highest BCUT2D eigenvalue weighted by atomic mass is 16.6. The Kier molecular flexibility index (Phi) is 5.19. The summed E-state index contributed by atoms with van der Waals surface area (Å²) in [6, 6.07) is 0. The van der Waals surface area contributed by atoms with E-state index in [2.05, 4.69) is 0 Å². The van der Waals surface area contributed by atoms with Gasteiger partial charge >= 0.3 is 0 Å². The van der Waals surface area contributed by atoms with Crippen LogP contribution in [0.5, 0.6) is 0 Å². The Morgan fingerprint density at radius 1 is 1.17 bits per heavy atom. The van der Waals surface area contributed by atoms with Gasteiger partial charge in [0.25, 0.3) is 0 Å². The fraction of sp³-hybridized carbons (Fsp3) is 0.864. The predicted octanol–water partition coefficient (Wildman–Crippen LogP) is 0.558. The molecule has 2 aliphatic carbocycles. The number of rotatable bonds is 1. The van der Waals surface area contributed by atoms with Crippen molar-refractivity contribution in [2.45, 2.75) is 90.5 Å². The van der Waals surface area contributed by atoms with E-state index in [1.165, 1.54) is 0 Å². The molecule has 29 heavy (non-hydrogen) atoms. The molecule has 0 aromatic heterocycles. The Morgan fingerprint density at radius 3 is 2.17 bits per heavy atom. The molecular weight excluding hydrogens is 376 g/mol. The topological polar surface area (TPSA) is 127 Å². The van der Waals surface area contributed by atoms with Crippen molar-refractivity contribution in [3.63, 3.8) is 0 Å². The van der Waals surface area contributed by atoms with Crippen LogP contribution < -0.4 is 0 Å². The highest BCUT2D eigenvalue weighted by Crippen LogP contribution is 2.61. The van der Waals surface area contributed by atoms with Gasteiger partial charge < -0.3 is 30.3 Å². The number of carbonyl (C=O) groups excluding carboxylic acids is 1. The molecule has 0 radical (unpaired) electrons. The lowest BCUT2D eigenvalue weighted by molar-refractivity contribution is -0.333. The Labute approximate surface area is 172 Å². The summed E-state index contributed by atoms with van der Waals surface area (Å²) in [4.78, 5) is 13.7. The van der Waals surface area contributed by atoms with E-state index in [1.54, 1.807) is 48.5 Å². The van der Waals surface area contributed by atoms with Crippen LogP contribution in [0.2, 0.25) is 0 Å². The lowest BCUT2D eigenvalue weighted by atomic mass is 9.44. The molecule has 166 valence electrons. The van der Waals surface area contributed by atoms with Gasteiger partial charge in [-0.05, 0) is 44.8 Å². The van der Waals surface area contributed by atoms with Crippen LogP contribution in [0.15, 0.2) is 11.1 Å². The van der Waals surface area contributed by atoms with Crippen molar-refractivity contribution >= 4 is 5.78 Å². The SMILES string of the molecule is C/C(=C1\C(O)C(=O)[C@]2(C)C(O)CC3OCC3(O)C2[C@H](C)C(C)(O)C1(C)C)C(C)O. The first-order chi connectivity index (χ1) is 13.1. The number of hydrogen-bond donors (Lipinski definition) is 5. The molecular formula is C22H36O7. The zero-order chi connectivity index (χ0) is 22.3. The van der Waals surface area contributed by atoms with Crippen LogP contribution in [0.1, 0.15) is 54.9 Å². The molecule has 0 aromatic carbocycles. The molecule has 7 nitrogen and oxygen atoms in total. The number of ether oxygens (including phenoxy) is 1. The fourth-order valence-corrected chi connectivity index (χ4v) is 6.25. The minimum absolute atomic E-state index is 0.0181. The van der Waals surface area contributed by atoms with E-state index >= 15 is 0 Å². The maximum atomic E-state index is 13.7. The molecule has 1 saturated heterocycles. The number of Topliss-reactive ketones (excluding diaryl/α,β-unsaturated/α-hetero) is 1. The van der Waals surface area contributed by atoms with Crippen LogP contribution in [0.25, 0.3) is 0 Å². The Bertz CT molecular complexity index is 739. The minimum atomic E-state index is -1.62. The van der Waals surface area contributed by atoms with E-state index in [1.807, 2.05) is 0 Å². The van der Waals surface area contributed by atoms with E-state index in [-0.39, 0.29) is 18.6 Å². The number of aliphatic hydroxyl groups is 5. The van der Waals surface area contributed by atoms with Crippen molar-refractivity contribution in [3.8, 4) is 0 Å². The molecule has 0 aromatic rings. The Hall–Kier alpha value is -0.830. The van der Waals surface area contributed by atoms with Gasteiger partial charge in [-0.2, -0.15) is 0 Å². The molecule has 1 heterocycles. The maximum Gasteiger partial charge on any atom is 0.174 e. The number of ketones is 1. The second-order valence-electron chi connectivity index (χ2n) is 10.4. The standard InChI is InChI=1S/C22H36O7/c1-10(12(3)23)15-16(25)18(26)20(6)13(24)8-14-22(28,9-29-14)17(20)11(2)21(7,27)19(15,4)5/h11-14,16-17,23-25,27-28H,8-9H2,1-7H3/b15-10-/t11-,12?,13?,14?,16?,17?,20+,21?,22?/m0/s1. The summed E-state index contributed by atoms with van der Waals surface area (Å²) in [5.41, 5.74) is -4.75. The summed E-state index contributed by atoms with van der Waals surface area (Å²) in [6.07, 6.45) is -4.23. The lowest BCUT2D eigenvalue weighted by Crippen LogP contribution is -2.78. The molecule has 3 rings (SSSR count). The van der Waals surface area contributed by atoms with Crippen molar-refractivity contribution in [1.82, 2.24) is 0 Å². The van der Waals surface area contributed by atoms with E-state index in [0.29, 0.717) is 5.57 Å². The Balaban J connectivity index is 2.32. The quantitative estimate of drug-likeness (QED) is 0.398. The summed E-state index contributed by atoms with van der Waals surface area (Å²) in [5, 5.41) is 55.7. The monoisotopic (exact) mass is 412 g/mol. The average Bonchev–Trinajstić information content (AvgIpc) is 2.61. The van der Waals surface area contributed by atoms with Crippen molar-refractivity contribution in [2.24, 2.45) is 22.7 Å². The van der Waals surface area contributed by atoms with E-state index in [0.717, 1.165) is 0 Å². The van der Waals surface area contributed by atoms with Crippen LogP contribution in [-0.4, -0.2) is 73.5 Å². The maximum absolute atomic E-state index is 13.7. The summed E-state index contributed by atoms with van der Waals surface area (Å²) in [7, 11) is 0. The normalized spacial score (nSPS) is 52.4. The number of fused-ring (bicyclic) bond motifs is 3. The number of hydrogen-bond acceptors (Lipinski definition) is 7. The second-order valence-corrected chi connectivity index (χ2v) is 10.4. The van der Waals surface area contributed by atoms with Crippen molar-refractivity contribution in [1.29, 1.82) is 0 Å². The molecule has 7 heteroatoms. The molecule has 5 N–H and O–H groups in total. The molecule has 9 atom stereocenters. The van der Waals surface area contributed by atoms with Gasteiger partial charge in [0.2, 0.25) is 0 Å². The third-order valence-corrected chi connectivity index (χ3v) is 8.82. The first-order valence-corrected chi connectivity index (χ1v) is 10.4.